The van der Waals surface area contributed by atoms with E-state index in [2.05, 4.69) is 15.3 Å². The number of benzene rings is 2. The van der Waals surface area contributed by atoms with Crippen molar-refractivity contribution in [2.24, 2.45) is 0 Å². The summed E-state index contributed by atoms with van der Waals surface area (Å²) in [5.74, 6) is -0.0197. The van der Waals surface area contributed by atoms with Crippen LogP contribution in [0.5, 0.6) is 0 Å². The second-order valence-corrected chi connectivity index (χ2v) is 7.53. The fourth-order valence-corrected chi connectivity index (χ4v) is 4.25. The summed E-state index contributed by atoms with van der Waals surface area (Å²) in [6.07, 6.45) is 4.27. The molecule has 6 heteroatoms. The number of aromatic nitrogens is 2. The van der Waals surface area contributed by atoms with Gasteiger partial charge in [-0.2, -0.15) is 0 Å². The molecule has 0 saturated heterocycles. The van der Waals surface area contributed by atoms with Crippen LogP contribution in [0, 0.1) is 0 Å². The van der Waals surface area contributed by atoms with E-state index in [0.29, 0.717) is 6.42 Å². The average Bonchev–Trinajstić information content (AvgIpc) is 3.18. The molecule has 2 heterocycles. The number of para-hydroxylation sites is 1. The Morgan fingerprint density at radius 2 is 2.17 bits per heavy atom. The van der Waals surface area contributed by atoms with Gasteiger partial charge in [0, 0.05) is 22.8 Å². The lowest BCUT2D eigenvalue weighted by molar-refractivity contribution is -0.115. The molecule has 0 spiro atoms. The highest BCUT2D eigenvalue weighted by molar-refractivity contribution is 8.00. The second-order valence-electron chi connectivity index (χ2n) is 5.45. The molecule has 0 bridgehead atoms. The quantitative estimate of drug-likeness (QED) is 0.524. The van der Waals surface area contributed by atoms with E-state index >= 15 is 0 Å². The maximum atomic E-state index is 12.4. The number of anilines is 1. The zero-order valence-corrected chi connectivity index (χ0v) is 14.6. The first kappa shape index (κ1) is 15.2. The van der Waals surface area contributed by atoms with E-state index in [0.717, 1.165) is 36.7 Å². The van der Waals surface area contributed by atoms with Crippen molar-refractivity contribution in [1.82, 2.24) is 9.97 Å². The molecule has 2 N–H and O–H groups in total. The monoisotopic (exact) mass is 353 g/mol. The van der Waals surface area contributed by atoms with Gasteiger partial charge in [-0.1, -0.05) is 30.0 Å². The number of fused-ring (bicyclic) bond motifs is 2. The predicted molar refractivity (Wildman–Crippen MR) is 102 cm³/mol. The van der Waals surface area contributed by atoms with Gasteiger partial charge in [0.1, 0.15) is 0 Å². The Morgan fingerprint density at radius 3 is 3.04 bits per heavy atom. The van der Waals surface area contributed by atoms with Crippen LogP contribution in [0.4, 0.5) is 5.69 Å². The highest BCUT2D eigenvalue weighted by atomic mass is 32.2. The van der Waals surface area contributed by atoms with E-state index in [1.165, 1.54) is 0 Å². The van der Waals surface area contributed by atoms with Gasteiger partial charge in [-0.25, -0.2) is 4.98 Å². The van der Waals surface area contributed by atoms with Crippen LogP contribution >= 0.6 is 23.1 Å². The molecule has 4 nitrogen and oxygen atoms in total. The Balaban J connectivity index is 1.53. The zero-order valence-electron chi connectivity index (χ0n) is 13.0. The molecule has 120 valence electrons. The van der Waals surface area contributed by atoms with E-state index < -0.39 is 0 Å². The van der Waals surface area contributed by atoms with E-state index in [9.17, 15) is 4.79 Å². The highest BCUT2D eigenvalue weighted by Gasteiger charge is 2.10. The summed E-state index contributed by atoms with van der Waals surface area (Å²) in [7, 11) is 0. The smallest absolute Gasteiger partial charge is 0.228 e. The molecule has 0 atom stereocenters. The van der Waals surface area contributed by atoms with Crippen molar-refractivity contribution in [2.75, 3.05) is 11.6 Å². The number of aromatic amines is 1. The first-order chi connectivity index (χ1) is 11.7. The van der Waals surface area contributed by atoms with Gasteiger partial charge in [-0.3, -0.25) is 4.79 Å². The molecule has 2 aromatic carbocycles. The van der Waals surface area contributed by atoms with Crippen molar-refractivity contribution in [3.05, 3.63) is 54.2 Å². The zero-order chi connectivity index (χ0) is 16.5. The van der Waals surface area contributed by atoms with Gasteiger partial charge in [0.15, 0.2) is 4.34 Å². The standard InChI is InChI=1S/C18H15N3OS2/c1-23-18-21-15-7-6-12(9-16(15)24-18)20-17(22)8-11-10-19-14-5-3-2-4-13(11)14/h2-7,9-10,19H,8H2,1H3,(H,20,22). The Bertz CT molecular complexity index is 1040. The van der Waals surface area contributed by atoms with Crippen LogP contribution in [0.25, 0.3) is 21.1 Å². The molecular weight excluding hydrogens is 338 g/mol. The summed E-state index contributed by atoms with van der Waals surface area (Å²) in [4.78, 5) is 20.1. The number of rotatable bonds is 4. The van der Waals surface area contributed by atoms with Crippen molar-refractivity contribution in [3.63, 3.8) is 0 Å². The van der Waals surface area contributed by atoms with Crippen LogP contribution in [-0.4, -0.2) is 22.1 Å². The number of hydrogen-bond acceptors (Lipinski definition) is 4. The largest absolute Gasteiger partial charge is 0.361 e. The van der Waals surface area contributed by atoms with Gasteiger partial charge >= 0.3 is 0 Å². The van der Waals surface area contributed by atoms with Crippen LogP contribution in [0.2, 0.25) is 0 Å². The lowest BCUT2D eigenvalue weighted by atomic mass is 10.1. The second kappa shape index (κ2) is 6.30. The SMILES string of the molecule is CSc1nc2ccc(NC(=O)Cc3c[nH]c4ccccc34)cc2s1. The topological polar surface area (TPSA) is 57.8 Å². The van der Waals surface area contributed by atoms with E-state index in [-0.39, 0.29) is 5.91 Å². The van der Waals surface area contributed by atoms with Crippen LogP contribution < -0.4 is 5.32 Å². The predicted octanol–water partition coefficient (Wildman–Crippen LogP) is 4.68. The maximum Gasteiger partial charge on any atom is 0.228 e. The summed E-state index contributed by atoms with van der Waals surface area (Å²) < 4.78 is 2.12. The third kappa shape index (κ3) is 2.90. The van der Waals surface area contributed by atoms with Crippen molar-refractivity contribution >= 4 is 55.8 Å². The van der Waals surface area contributed by atoms with Gasteiger partial charge in [-0.15, -0.1) is 11.3 Å². The number of hydrogen-bond donors (Lipinski definition) is 2. The number of carbonyl (C=O) groups is 1. The Morgan fingerprint density at radius 1 is 1.29 bits per heavy atom. The Hall–Kier alpha value is -2.31. The van der Waals surface area contributed by atoms with Gasteiger partial charge in [0.05, 0.1) is 16.6 Å². The molecule has 2 aromatic heterocycles. The lowest BCUT2D eigenvalue weighted by Crippen LogP contribution is -2.14. The average molecular weight is 353 g/mol. The maximum absolute atomic E-state index is 12.4. The first-order valence-electron chi connectivity index (χ1n) is 7.52. The number of H-pyrrole nitrogens is 1. The van der Waals surface area contributed by atoms with E-state index in [4.69, 9.17) is 0 Å². The number of carbonyl (C=O) groups excluding carboxylic acids is 1. The fourth-order valence-electron chi connectivity index (χ4n) is 2.72. The Labute approximate surface area is 147 Å². The van der Waals surface area contributed by atoms with E-state index in [1.807, 2.05) is 54.9 Å². The molecule has 0 radical (unpaired) electrons. The van der Waals surface area contributed by atoms with Gasteiger partial charge in [0.25, 0.3) is 0 Å². The molecule has 24 heavy (non-hydrogen) atoms. The summed E-state index contributed by atoms with van der Waals surface area (Å²) in [5, 5.41) is 4.08. The normalized spacial score (nSPS) is 11.2. The molecule has 0 aliphatic carbocycles. The fraction of sp³-hybridized carbons (Fsp3) is 0.111. The van der Waals surface area contributed by atoms with Gasteiger partial charge in [-0.05, 0) is 36.1 Å². The summed E-state index contributed by atoms with van der Waals surface area (Å²) in [6.45, 7) is 0. The minimum atomic E-state index is -0.0197. The molecule has 0 fully saturated rings. The van der Waals surface area contributed by atoms with Crippen molar-refractivity contribution in [1.29, 1.82) is 0 Å². The summed E-state index contributed by atoms with van der Waals surface area (Å²) >= 11 is 3.28. The molecule has 0 aliphatic heterocycles. The first-order valence-corrected chi connectivity index (χ1v) is 9.56. The number of thioether (sulfide) groups is 1. The molecule has 0 unspecified atom stereocenters. The van der Waals surface area contributed by atoms with Crippen LogP contribution in [-0.2, 0) is 11.2 Å². The molecule has 0 saturated carbocycles. The van der Waals surface area contributed by atoms with Crippen LogP contribution in [0.3, 0.4) is 0 Å². The third-order valence-electron chi connectivity index (χ3n) is 3.85. The highest BCUT2D eigenvalue weighted by Crippen LogP contribution is 2.30. The van der Waals surface area contributed by atoms with Crippen LogP contribution in [0.1, 0.15) is 5.56 Å². The number of nitrogens with one attached hydrogen (secondary N) is 2. The molecule has 4 aromatic rings. The molecule has 4 rings (SSSR count). The Kier molecular flexibility index (Phi) is 4.00. The molecule has 1 amide bonds. The molecular formula is C18H15N3OS2. The molecule has 0 aliphatic rings. The van der Waals surface area contributed by atoms with E-state index in [1.54, 1.807) is 23.1 Å². The van der Waals surface area contributed by atoms with Crippen molar-refractivity contribution in [3.8, 4) is 0 Å². The van der Waals surface area contributed by atoms with Gasteiger partial charge in [0.2, 0.25) is 5.91 Å². The minimum absolute atomic E-state index is 0.0197. The minimum Gasteiger partial charge on any atom is -0.361 e. The number of thiazole rings is 1. The lowest BCUT2D eigenvalue weighted by Gasteiger charge is -2.04. The third-order valence-corrected chi connectivity index (χ3v) is 5.86. The summed E-state index contributed by atoms with van der Waals surface area (Å²) in [5.41, 5.74) is 3.84. The van der Waals surface area contributed by atoms with Crippen LogP contribution in [0.15, 0.2) is 53.0 Å². The van der Waals surface area contributed by atoms with Crippen molar-refractivity contribution < 1.29 is 4.79 Å². The summed E-state index contributed by atoms with van der Waals surface area (Å²) in [6, 6.07) is 13.8. The number of nitrogens with zero attached hydrogens (tertiary/aromatic N) is 1. The number of amides is 1. The van der Waals surface area contributed by atoms with Crippen molar-refractivity contribution in [2.45, 2.75) is 10.8 Å². The van der Waals surface area contributed by atoms with Gasteiger partial charge < -0.3 is 10.3 Å².